The molecule has 0 aliphatic rings. The summed E-state index contributed by atoms with van der Waals surface area (Å²) in [5, 5.41) is 8.38. The van der Waals surface area contributed by atoms with Gasteiger partial charge in [-0.3, -0.25) is 0 Å². The lowest BCUT2D eigenvalue weighted by Gasteiger charge is -2.11. The SMILES string of the molecule is CCCN(C)C.CCN(C)CCCO. The molecule has 0 bridgehead atoms. The first kappa shape index (κ1) is 16.3. The summed E-state index contributed by atoms with van der Waals surface area (Å²) in [4.78, 5) is 4.36. The minimum Gasteiger partial charge on any atom is -0.396 e. The van der Waals surface area contributed by atoms with Crippen molar-refractivity contribution in [3.63, 3.8) is 0 Å². The van der Waals surface area contributed by atoms with E-state index in [9.17, 15) is 0 Å². The molecule has 0 radical (unpaired) electrons. The standard InChI is InChI=1S/C6H15NO.C5H13N/c1-3-7(2)5-4-6-8;1-4-5-6(2)3/h8H,3-6H2,1-2H3;4-5H2,1-3H3. The largest absolute Gasteiger partial charge is 0.396 e. The third kappa shape index (κ3) is 17.8. The van der Waals surface area contributed by atoms with Crippen LogP contribution < -0.4 is 0 Å². The summed E-state index contributed by atoms with van der Waals surface area (Å²) < 4.78 is 0. The smallest absolute Gasteiger partial charge is 0.0443 e. The number of hydrogen-bond donors (Lipinski definition) is 1. The highest BCUT2D eigenvalue weighted by molar-refractivity contribution is 4.44. The summed E-state index contributed by atoms with van der Waals surface area (Å²) in [6.07, 6.45) is 2.15. The van der Waals surface area contributed by atoms with Gasteiger partial charge in [-0.25, -0.2) is 0 Å². The van der Waals surface area contributed by atoms with E-state index in [1.54, 1.807) is 0 Å². The van der Waals surface area contributed by atoms with Crippen molar-refractivity contribution in [1.29, 1.82) is 0 Å². The number of hydrogen-bond acceptors (Lipinski definition) is 3. The van der Waals surface area contributed by atoms with Crippen LogP contribution in [0.15, 0.2) is 0 Å². The predicted octanol–water partition coefficient (Wildman–Crippen LogP) is 1.28. The Morgan fingerprint density at radius 2 is 1.57 bits per heavy atom. The van der Waals surface area contributed by atoms with Gasteiger partial charge >= 0.3 is 0 Å². The fourth-order valence-electron chi connectivity index (χ4n) is 0.946. The second kappa shape index (κ2) is 12.9. The van der Waals surface area contributed by atoms with Crippen molar-refractivity contribution in [3.05, 3.63) is 0 Å². The lowest BCUT2D eigenvalue weighted by atomic mass is 10.4. The normalized spacial score (nSPS) is 10.3. The summed E-state index contributed by atoms with van der Waals surface area (Å²) in [6.45, 7) is 7.88. The van der Waals surface area contributed by atoms with Crippen LogP contribution in [0.4, 0.5) is 0 Å². The van der Waals surface area contributed by atoms with E-state index in [2.05, 4.69) is 44.8 Å². The Morgan fingerprint density at radius 1 is 1.00 bits per heavy atom. The Labute approximate surface area is 89.7 Å². The molecular weight excluding hydrogens is 176 g/mol. The first-order valence-electron chi connectivity index (χ1n) is 5.52. The third-order valence-electron chi connectivity index (χ3n) is 1.91. The van der Waals surface area contributed by atoms with Crippen LogP contribution in [-0.2, 0) is 0 Å². The molecule has 0 aliphatic heterocycles. The number of aliphatic hydroxyl groups excluding tert-OH is 1. The van der Waals surface area contributed by atoms with Crippen LogP contribution in [0.2, 0.25) is 0 Å². The van der Waals surface area contributed by atoms with Gasteiger partial charge in [-0.1, -0.05) is 13.8 Å². The first-order chi connectivity index (χ1) is 6.58. The lowest BCUT2D eigenvalue weighted by Crippen LogP contribution is -2.19. The van der Waals surface area contributed by atoms with E-state index >= 15 is 0 Å². The molecular formula is C11H28N2O. The maximum atomic E-state index is 8.38. The Kier molecular flexibility index (Phi) is 15.0. The van der Waals surface area contributed by atoms with Gasteiger partial charge in [-0.05, 0) is 53.6 Å². The molecule has 0 saturated carbocycles. The number of rotatable bonds is 6. The molecule has 0 atom stereocenters. The van der Waals surface area contributed by atoms with Crippen LogP contribution in [0.25, 0.3) is 0 Å². The van der Waals surface area contributed by atoms with E-state index in [0.717, 1.165) is 19.5 Å². The van der Waals surface area contributed by atoms with Crippen molar-refractivity contribution >= 4 is 0 Å². The molecule has 0 unspecified atom stereocenters. The summed E-state index contributed by atoms with van der Waals surface area (Å²) in [6, 6.07) is 0. The van der Waals surface area contributed by atoms with Crippen LogP contribution in [-0.4, -0.2) is 62.3 Å². The molecule has 1 N–H and O–H groups in total. The summed E-state index contributed by atoms with van der Waals surface area (Å²) >= 11 is 0. The molecule has 0 spiro atoms. The molecule has 0 heterocycles. The fourth-order valence-corrected chi connectivity index (χ4v) is 0.946. The molecule has 0 aromatic rings. The van der Waals surface area contributed by atoms with Crippen LogP contribution >= 0.6 is 0 Å². The van der Waals surface area contributed by atoms with E-state index in [0.29, 0.717) is 6.61 Å². The maximum Gasteiger partial charge on any atom is 0.0443 e. The van der Waals surface area contributed by atoms with Crippen LogP contribution in [0.3, 0.4) is 0 Å². The molecule has 3 nitrogen and oxygen atoms in total. The van der Waals surface area contributed by atoms with Crippen molar-refractivity contribution in [2.24, 2.45) is 0 Å². The van der Waals surface area contributed by atoms with E-state index in [1.807, 2.05) is 0 Å². The van der Waals surface area contributed by atoms with Crippen molar-refractivity contribution in [2.45, 2.75) is 26.7 Å². The average Bonchev–Trinajstić information content (AvgIpc) is 2.15. The quantitative estimate of drug-likeness (QED) is 0.706. The molecule has 0 aromatic heterocycles. The zero-order chi connectivity index (χ0) is 11.4. The van der Waals surface area contributed by atoms with Crippen molar-refractivity contribution in [3.8, 4) is 0 Å². The molecule has 0 amide bonds. The van der Waals surface area contributed by atoms with Gasteiger partial charge in [0.15, 0.2) is 0 Å². The topological polar surface area (TPSA) is 26.7 Å². The van der Waals surface area contributed by atoms with Crippen LogP contribution in [0.1, 0.15) is 26.7 Å². The fraction of sp³-hybridized carbons (Fsp3) is 1.00. The Morgan fingerprint density at radius 3 is 1.79 bits per heavy atom. The van der Waals surface area contributed by atoms with Gasteiger partial charge in [0.05, 0.1) is 0 Å². The molecule has 0 aromatic carbocycles. The van der Waals surface area contributed by atoms with E-state index in [-0.39, 0.29) is 0 Å². The monoisotopic (exact) mass is 204 g/mol. The highest BCUT2D eigenvalue weighted by atomic mass is 16.3. The zero-order valence-corrected chi connectivity index (χ0v) is 10.6. The van der Waals surface area contributed by atoms with E-state index < -0.39 is 0 Å². The number of aliphatic hydroxyl groups is 1. The van der Waals surface area contributed by atoms with Gasteiger partial charge in [-0.15, -0.1) is 0 Å². The Hall–Kier alpha value is -0.120. The van der Waals surface area contributed by atoms with Gasteiger partial charge in [0.2, 0.25) is 0 Å². The van der Waals surface area contributed by atoms with Crippen molar-refractivity contribution in [1.82, 2.24) is 9.80 Å². The van der Waals surface area contributed by atoms with E-state index in [1.165, 1.54) is 13.0 Å². The minimum absolute atomic E-state index is 0.310. The zero-order valence-electron chi connectivity index (χ0n) is 10.6. The van der Waals surface area contributed by atoms with Crippen LogP contribution in [0.5, 0.6) is 0 Å². The van der Waals surface area contributed by atoms with Crippen molar-refractivity contribution < 1.29 is 5.11 Å². The lowest BCUT2D eigenvalue weighted by molar-refractivity contribution is 0.252. The highest BCUT2D eigenvalue weighted by Gasteiger charge is 1.89. The van der Waals surface area contributed by atoms with E-state index in [4.69, 9.17) is 5.11 Å². The molecule has 0 fully saturated rings. The molecule has 88 valence electrons. The predicted molar refractivity (Wildman–Crippen MR) is 63.7 cm³/mol. The summed E-state index contributed by atoms with van der Waals surface area (Å²) in [5.74, 6) is 0. The van der Waals surface area contributed by atoms with Gasteiger partial charge in [0.25, 0.3) is 0 Å². The van der Waals surface area contributed by atoms with Gasteiger partial charge in [-0.2, -0.15) is 0 Å². The molecule has 0 rings (SSSR count). The first-order valence-corrected chi connectivity index (χ1v) is 5.52. The van der Waals surface area contributed by atoms with Gasteiger partial charge in [0.1, 0.15) is 0 Å². The van der Waals surface area contributed by atoms with Gasteiger partial charge in [0, 0.05) is 6.61 Å². The summed E-state index contributed by atoms with van der Waals surface area (Å²) in [7, 11) is 6.22. The Balaban J connectivity index is 0. The average molecular weight is 204 g/mol. The third-order valence-corrected chi connectivity index (χ3v) is 1.91. The second-order valence-corrected chi connectivity index (χ2v) is 3.78. The summed E-state index contributed by atoms with van der Waals surface area (Å²) in [5.41, 5.74) is 0. The maximum absolute atomic E-state index is 8.38. The van der Waals surface area contributed by atoms with Crippen LogP contribution in [0, 0.1) is 0 Å². The Bertz CT molecular complexity index is 97.3. The van der Waals surface area contributed by atoms with Gasteiger partial charge < -0.3 is 14.9 Å². The second-order valence-electron chi connectivity index (χ2n) is 3.78. The molecule has 3 heteroatoms. The number of nitrogens with zero attached hydrogens (tertiary/aromatic N) is 2. The molecule has 14 heavy (non-hydrogen) atoms. The molecule has 0 saturated heterocycles. The molecule has 0 aliphatic carbocycles. The highest BCUT2D eigenvalue weighted by Crippen LogP contribution is 1.83. The van der Waals surface area contributed by atoms with Crippen molar-refractivity contribution in [2.75, 3.05) is 47.4 Å². The minimum atomic E-state index is 0.310.